The lowest BCUT2D eigenvalue weighted by Gasteiger charge is -2.32. The molecule has 2 aliphatic rings. The molecule has 1 aliphatic heterocycles. The van der Waals surface area contributed by atoms with Gasteiger partial charge in [-0.05, 0) is 42.0 Å². The Labute approximate surface area is 139 Å². The van der Waals surface area contributed by atoms with Crippen molar-refractivity contribution in [3.63, 3.8) is 0 Å². The van der Waals surface area contributed by atoms with E-state index >= 15 is 0 Å². The van der Waals surface area contributed by atoms with Gasteiger partial charge in [-0.15, -0.1) is 0 Å². The molecule has 122 valence electrons. The van der Waals surface area contributed by atoms with Crippen molar-refractivity contribution < 1.29 is 4.39 Å². The highest BCUT2D eigenvalue weighted by Gasteiger charge is 2.30. The molecule has 0 atom stereocenters. The molecule has 1 aliphatic carbocycles. The van der Waals surface area contributed by atoms with E-state index in [-0.39, 0.29) is 5.82 Å². The molecule has 0 spiro atoms. The minimum Gasteiger partial charge on any atom is -0.356 e. The highest BCUT2D eigenvalue weighted by atomic mass is 19.1. The van der Waals surface area contributed by atoms with Gasteiger partial charge >= 0.3 is 0 Å². The van der Waals surface area contributed by atoms with E-state index in [9.17, 15) is 4.39 Å². The lowest BCUT2D eigenvalue weighted by atomic mass is 9.98. The van der Waals surface area contributed by atoms with Crippen LogP contribution in [0.4, 0.5) is 10.2 Å². The molecule has 0 radical (unpaired) electrons. The summed E-state index contributed by atoms with van der Waals surface area (Å²) in [7, 11) is 0. The van der Waals surface area contributed by atoms with Crippen LogP contribution in [0.2, 0.25) is 0 Å². The van der Waals surface area contributed by atoms with Crippen LogP contribution in [0.3, 0.4) is 0 Å². The quantitative estimate of drug-likeness (QED) is 0.536. The Morgan fingerprint density at radius 3 is 2.83 bits per heavy atom. The minimum atomic E-state index is -0.181. The zero-order valence-corrected chi connectivity index (χ0v) is 13.7. The van der Waals surface area contributed by atoms with Gasteiger partial charge in [0.2, 0.25) is 0 Å². The van der Waals surface area contributed by atoms with Crippen LogP contribution in [0.1, 0.15) is 31.0 Å². The third kappa shape index (κ3) is 1.97. The molecule has 0 unspecified atom stereocenters. The van der Waals surface area contributed by atoms with Gasteiger partial charge in [-0.25, -0.2) is 13.9 Å². The summed E-state index contributed by atoms with van der Waals surface area (Å²) in [6, 6.07) is 7.03. The monoisotopic (exact) mass is 322 g/mol. The van der Waals surface area contributed by atoms with Crippen LogP contribution in [0, 0.1) is 11.7 Å². The summed E-state index contributed by atoms with van der Waals surface area (Å²) < 4.78 is 15.6. The van der Waals surface area contributed by atoms with Crippen molar-refractivity contribution in [3.05, 3.63) is 47.5 Å². The fourth-order valence-corrected chi connectivity index (χ4v) is 4.01. The predicted molar refractivity (Wildman–Crippen MR) is 91.8 cm³/mol. The van der Waals surface area contributed by atoms with Gasteiger partial charge in [0.25, 0.3) is 0 Å². The highest BCUT2D eigenvalue weighted by molar-refractivity contribution is 5.85. The molecule has 0 saturated carbocycles. The summed E-state index contributed by atoms with van der Waals surface area (Å²) in [5.41, 5.74) is 5.26. The van der Waals surface area contributed by atoms with Crippen LogP contribution >= 0.6 is 0 Å². The number of hydrogen-bond acceptors (Lipinski definition) is 3. The van der Waals surface area contributed by atoms with Crippen molar-refractivity contribution in [1.82, 2.24) is 14.6 Å². The summed E-state index contributed by atoms with van der Waals surface area (Å²) in [5.74, 6) is 1.63. The first-order valence-electron chi connectivity index (χ1n) is 8.61. The van der Waals surface area contributed by atoms with Gasteiger partial charge in [0.05, 0.1) is 11.9 Å². The van der Waals surface area contributed by atoms with E-state index in [2.05, 4.69) is 16.9 Å². The zero-order valence-electron chi connectivity index (χ0n) is 13.7. The third-order valence-electron chi connectivity index (χ3n) is 5.39. The van der Waals surface area contributed by atoms with E-state index in [1.165, 1.54) is 12.8 Å². The second kappa shape index (κ2) is 5.03. The molecule has 0 bridgehead atoms. The van der Waals surface area contributed by atoms with E-state index in [4.69, 9.17) is 4.98 Å². The topological polar surface area (TPSA) is 33.4 Å². The van der Waals surface area contributed by atoms with Crippen LogP contribution < -0.4 is 4.90 Å². The fraction of sp³-hybridized carbons (Fsp3) is 0.368. The number of aromatic nitrogens is 3. The van der Waals surface area contributed by atoms with Crippen LogP contribution in [0.15, 0.2) is 30.5 Å². The van der Waals surface area contributed by atoms with E-state index < -0.39 is 0 Å². The second-order valence-corrected chi connectivity index (χ2v) is 7.01. The molecule has 5 rings (SSSR count). The average molecular weight is 322 g/mol. The first-order valence-corrected chi connectivity index (χ1v) is 8.61. The number of nitrogens with zero attached hydrogens (tertiary/aromatic N) is 4. The largest absolute Gasteiger partial charge is 0.356 e. The lowest BCUT2D eigenvalue weighted by Crippen LogP contribution is -2.34. The predicted octanol–water partition coefficient (Wildman–Crippen LogP) is 3.68. The zero-order chi connectivity index (χ0) is 16.3. The molecular formula is C19H19FN4. The summed E-state index contributed by atoms with van der Waals surface area (Å²) in [6.45, 7) is 4.37. The second-order valence-electron chi connectivity index (χ2n) is 7.01. The molecule has 5 heteroatoms. The van der Waals surface area contributed by atoms with Gasteiger partial charge < -0.3 is 4.90 Å². The number of anilines is 1. The van der Waals surface area contributed by atoms with Gasteiger partial charge in [-0.3, -0.25) is 0 Å². The van der Waals surface area contributed by atoms with Gasteiger partial charge in [0, 0.05) is 31.1 Å². The van der Waals surface area contributed by atoms with Crippen molar-refractivity contribution in [3.8, 4) is 11.1 Å². The molecular weight excluding hydrogens is 303 g/mol. The van der Waals surface area contributed by atoms with Gasteiger partial charge in [0.15, 0.2) is 5.65 Å². The minimum absolute atomic E-state index is 0.181. The molecule has 0 N–H and O–H groups in total. The molecule has 4 nitrogen and oxygen atoms in total. The molecule has 2 aromatic heterocycles. The fourth-order valence-electron chi connectivity index (χ4n) is 4.01. The maximum Gasteiger partial charge on any atom is 0.157 e. The molecule has 3 aromatic rings. The van der Waals surface area contributed by atoms with Crippen LogP contribution in [0.25, 0.3) is 16.8 Å². The number of fused-ring (bicyclic) bond motifs is 5. The summed E-state index contributed by atoms with van der Waals surface area (Å²) >= 11 is 0. The normalized spacial score (nSPS) is 17.3. The highest BCUT2D eigenvalue weighted by Crippen LogP contribution is 2.43. The summed E-state index contributed by atoms with van der Waals surface area (Å²) in [5, 5.41) is 4.44. The number of benzene rings is 1. The maximum absolute atomic E-state index is 13.7. The van der Waals surface area contributed by atoms with Gasteiger partial charge in [0.1, 0.15) is 11.6 Å². The molecule has 1 saturated heterocycles. The van der Waals surface area contributed by atoms with Crippen molar-refractivity contribution in [2.45, 2.75) is 26.2 Å². The average Bonchev–Trinajstić information content (AvgIpc) is 3.18. The van der Waals surface area contributed by atoms with E-state index in [1.807, 2.05) is 16.6 Å². The van der Waals surface area contributed by atoms with Gasteiger partial charge in [-0.2, -0.15) is 5.10 Å². The van der Waals surface area contributed by atoms with Crippen LogP contribution in [-0.2, 0) is 6.42 Å². The smallest absolute Gasteiger partial charge is 0.157 e. The van der Waals surface area contributed by atoms with Gasteiger partial charge in [-0.1, -0.05) is 13.0 Å². The van der Waals surface area contributed by atoms with Crippen molar-refractivity contribution in [1.29, 1.82) is 0 Å². The maximum atomic E-state index is 13.7. The summed E-state index contributed by atoms with van der Waals surface area (Å²) in [6.07, 6.45) is 4.88. The van der Waals surface area contributed by atoms with Crippen molar-refractivity contribution in [2.24, 2.45) is 5.92 Å². The Bertz CT molecular complexity index is 938. The van der Waals surface area contributed by atoms with Crippen LogP contribution in [0.5, 0.6) is 0 Å². The van der Waals surface area contributed by atoms with E-state index in [0.717, 1.165) is 52.9 Å². The Morgan fingerprint density at radius 2 is 2.00 bits per heavy atom. The van der Waals surface area contributed by atoms with Crippen LogP contribution in [-0.4, -0.2) is 27.7 Å². The van der Waals surface area contributed by atoms with Crippen molar-refractivity contribution >= 4 is 11.5 Å². The third-order valence-corrected chi connectivity index (χ3v) is 5.39. The summed E-state index contributed by atoms with van der Waals surface area (Å²) in [4.78, 5) is 7.30. The standard InChI is InChI=1S/C19H19FN4/c1-12-5-8-23(9-6-12)19-18-15-3-2-14(20)10-13(15)11-16(18)24-17(22-19)4-7-21-24/h2-4,7,10,12H,5-6,8-9,11H2,1H3. The SMILES string of the molecule is CC1CCN(c2nc3ccnn3c3c2-c2ccc(F)cc2C3)CC1. The lowest BCUT2D eigenvalue weighted by molar-refractivity contribution is 0.437. The number of hydrogen-bond donors (Lipinski definition) is 0. The molecule has 1 aromatic carbocycles. The number of piperidine rings is 1. The van der Waals surface area contributed by atoms with Crippen molar-refractivity contribution in [2.75, 3.05) is 18.0 Å². The first-order chi connectivity index (χ1) is 11.7. The Hall–Kier alpha value is -2.43. The first kappa shape index (κ1) is 14.0. The molecule has 1 fully saturated rings. The van der Waals surface area contributed by atoms with E-state index in [0.29, 0.717) is 6.42 Å². The van der Waals surface area contributed by atoms with E-state index in [1.54, 1.807) is 18.3 Å². The Balaban J connectivity index is 1.73. The molecule has 0 amide bonds. The number of rotatable bonds is 1. The molecule has 24 heavy (non-hydrogen) atoms. The number of halogens is 1. The molecule has 3 heterocycles. The Kier molecular flexibility index (Phi) is 2.93. The Morgan fingerprint density at radius 1 is 1.17 bits per heavy atom.